The Labute approximate surface area is 122 Å². The Hall–Kier alpha value is -0.650. The molecule has 0 aromatic carbocycles. The van der Waals surface area contributed by atoms with Gasteiger partial charge in [0.15, 0.2) is 0 Å². The lowest BCUT2D eigenvalue weighted by atomic mass is 10.0. The monoisotopic (exact) mass is 283 g/mol. The molecule has 2 fully saturated rings. The highest BCUT2D eigenvalue weighted by Gasteiger charge is 2.22. The SMILES string of the molecule is COCCCN1CCC(NC(=O)CNCC2CC2)CC1. The maximum atomic E-state index is 11.8. The van der Waals surface area contributed by atoms with Crippen molar-refractivity contribution in [2.24, 2.45) is 5.92 Å². The van der Waals surface area contributed by atoms with Crippen molar-refractivity contribution in [3.8, 4) is 0 Å². The molecule has 1 aliphatic heterocycles. The third kappa shape index (κ3) is 6.20. The maximum Gasteiger partial charge on any atom is 0.234 e. The van der Waals surface area contributed by atoms with Crippen molar-refractivity contribution in [2.75, 3.05) is 46.4 Å². The van der Waals surface area contributed by atoms with E-state index in [0.29, 0.717) is 12.6 Å². The zero-order chi connectivity index (χ0) is 14.2. The lowest BCUT2D eigenvalue weighted by Crippen LogP contribution is -2.47. The van der Waals surface area contributed by atoms with Crippen LogP contribution in [0.2, 0.25) is 0 Å². The van der Waals surface area contributed by atoms with Crippen LogP contribution in [0.4, 0.5) is 0 Å². The number of likely N-dealkylation sites (tertiary alicyclic amines) is 1. The zero-order valence-electron chi connectivity index (χ0n) is 12.7. The standard InChI is InChI=1S/C15H29N3O2/c1-20-10-2-7-18-8-5-14(6-9-18)17-15(19)12-16-11-13-3-4-13/h13-14,16H,2-12H2,1H3,(H,17,19). The Morgan fingerprint density at radius 2 is 2.00 bits per heavy atom. The molecule has 2 N–H and O–H groups in total. The van der Waals surface area contributed by atoms with E-state index in [2.05, 4.69) is 15.5 Å². The predicted molar refractivity (Wildman–Crippen MR) is 79.7 cm³/mol. The van der Waals surface area contributed by atoms with E-state index in [9.17, 15) is 4.79 Å². The average molecular weight is 283 g/mol. The first-order valence-electron chi connectivity index (χ1n) is 7.99. The Balaban J connectivity index is 1.50. The van der Waals surface area contributed by atoms with Crippen molar-refractivity contribution >= 4 is 5.91 Å². The number of hydrogen-bond acceptors (Lipinski definition) is 4. The Morgan fingerprint density at radius 3 is 2.65 bits per heavy atom. The number of nitrogens with zero attached hydrogens (tertiary/aromatic N) is 1. The average Bonchev–Trinajstić information content (AvgIpc) is 3.25. The molecule has 0 atom stereocenters. The summed E-state index contributed by atoms with van der Waals surface area (Å²) in [5.74, 6) is 0.988. The molecule has 2 aliphatic rings. The molecule has 20 heavy (non-hydrogen) atoms. The minimum atomic E-state index is 0.156. The highest BCUT2D eigenvalue weighted by molar-refractivity contribution is 5.78. The number of amides is 1. The molecule has 0 spiro atoms. The van der Waals surface area contributed by atoms with Crippen molar-refractivity contribution in [1.82, 2.24) is 15.5 Å². The Bertz CT molecular complexity index is 287. The molecule has 1 aliphatic carbocycles. The van der Waals surface area contributed by atoms with Crippen LogP contribution in [0.15, 0.2) is 0 Å². The first-order valence-corrected chi connectivity index (χ1v) is 7.99. The van der Waals surface area contributed by atoms with Gasteiger partial charge in [0.1, 0.15) is 0 Å². The van der Waals surface area contributed by atoms with Gasteiger partial charge in [0.05, 0.1) is 6.54 Å². The third-order valence-corrected chi connectivity index (χ3v) is 4.19. The Morgan fingerprint density at radius 1 is 1.25 bits per heavy atom. The van der Waals surface area contributed by atoms with Crippen LogP contribution in [0.3, 0.4) is 0 Å². The first-order chi connectivity index (χ1) is 9.78. The van der Waals surface area contributed by atoms with Crippen molar-refractivity contribution in [1.29, 1.82) is 0 Å². The first kappa shape index (κ1) is 15.7. The highest BCUT2D eigenvalue weighted by Crippen LogP contribution is 2.27. The molecule has 5 heteroatoms. The number of piperidine rings is 1. The summed E-state index contributed by atoms with van der Waals surface area (Å²) in [6.07, 6.45) is 5.90. The van der Waals surface area contributed by atoms with E-state index >= 15 is 0 Å². The second-order valence-corrected chi connectivity index (χ2v) is 6.10. The van der Waals surface area contributed by atoms with Crippen LogP contribution in [0.1, 0.15) is 32.1 Å². The number of carbonyl (C=O) groups is 1. The Kier molecular flexibility index (Phi) is 6.76. The fraction of sp³-hybridized carbons (Fsp3) is 0.933. The van der Waals surface area contributed by atoms with Crippen LogP contribution in [0.5, 0.6) is 0 Å². The van der Waals surface area contributed by atoms with Gasteiger partial charge in [0.25, 0.3) is 0 Å². The molecular formula is C15H29N3O2. The highest BCUT2D eigenvalue weighted by atomic mass is 16.5. The van der Waals surface area contributed by atoms with Gasteiger partial charge in [0.2, 0.25) is 5.91 Å². The van der Waals surface area contributed by atoms with Gasteiger partial charge in [0, 0.05) is 39.4 Å². The molecule has 5 nitrogen and oxygen atoms in total. The number of methoxy groups -OCH3 is 1. The molecule has 1 amide bonds. The smallest absolute Gasteiger partial charge is 0.234 e. The molecule has 0 aromatic rings. The van der Waals surface area contributed by atoms with Crippen LogP contribution in [0, 0.1) is 5.92 Å². The van der Waals surface area contributed by atoms with E-state index in [1.54, 1.807) is 7.11 Å². The molecule has 1 saturated heterocycles. The number of ether oxygens (including phenoxy) is 1. The van der Waals surface area contributed by atoms with Crippen LogP contribution in [0.25, 0.3) is 0 Å². The molecule has 0 radical (unpaired) electrons. The summed E-state index contributed by atoms with van der Waals surface area (Å²) in [7, 11) is 1.75. The quantitative estimate of drug-likeness (QED) is 0.609. The fourth-order valence-electron chi connectivity index (χ4n) is 2.72. The number of carbonyl (C=O) groups excluding carboxylic acids is 1. The molecule has 0 aromatic heterocycles. The lowest BCUT2D eigenvalue weighted by molar-refractivity contribution is -0.121. The lowest BCUT2D eigenvalue weighted by Gasteiger charge is -2.32. The summed E-state index contributed by atoms with van der Waals surface area (Å²) in [6.45, 7) is 5.60. The van der Waals surface area contributed by atoms with E-state index in [4.69, 9.17) is 4.74 Å². The molecule has 1 saturated carbocycles. The molecular weight excluding hydrogens is 254 g/mol. The normalized spacial score (nSPS) is 21.1. The van der Waals surface area contributed by atoms with Gasteiger partial charge in [-0.1, -0.05) is 0 Å². The van der Waals surface area contributed by atoms with Gasteiger partial charge in [-0.3, -0.25) is 4.79 Å². The van der Waals surface area contributed by atoms with Gasteiger partial charge in [-0.2, -0.15) is 0 Å². The van der Waals surface area contributed by atoms with Gasteiger partial charge < -0.3 is 20.3 Å². The minimum Gasteiger partial charge on any atom is -0.385 e. The van der Waals surface area contributed by atoms with E-state index < -0.39 is 0 Å². The molecule has 116 valence electrons. The van der Waals surface area contributed by atoms with Gasteiger partial charge in [-0.15, -0.1) is 0 Å². The third-order valence-electron chi connectivity index (χ3n) is 4.19. The molecule has 0 bridgehead atoms. The van der Waals surface area contributed by atoms with Gasteiger partial charge in [-0.05, 0) is 44.6 Å². The van der Waals surface area contributed by atoms with Crippen molar-refractivity contribution in [2.45, 2.75) is 38.1 Å². The van der Waals surface area contributed by atoms with E-state index in [1.165, 1.54) is 12.8 Å². The molecule has 2 rings (SSSR count). The maximum absolute atomic E-state index is 11.8. The van der Waals surface area contributed by atoms with Crippen molar-refractivity contribution in [3.63, 3.8) is 0 Å². The van der Waals surface area contributed by atoms with Gasteiger partial charge in [-0.25, -0.2) is 0 Å². The van der Waals surface area contributed by atoms with E-state index in [0.717, 1.165) is 58.0 Å². The number of nitrogens with one attached hydrogen (secondary N) is 2. The van der Waals surface area contributed by atoms with Crippen molar-refractivity contribution < 1.29 is 9.53 Å². The second-order valence-electron chi connectivity index (χ2n) is 6.10. The predicted octanol–water partition coefficient (Wildman–Crippen LogP) is 0.603. The van der Waals surface area contributed by atoms with E-state index in [-0.39, 0.29) is 5.91 Å². The zero-order valence-corrected chi connectivity index (χ0v) is 12.7. The van der Waals surface area contributed by atoms with Crippen LogP contribution < -0.4 is 10.6 Å². The summed E-state index contributed by atoms with van der Waals surface area (Å²) in [4.78, 5) is 14.3. The van der Waals surface area contributed by atoms with Crippen LogP contribution in [-0.4, -0.2) is 63.3 Å². The number of hydrogen-bond donors (Lipinski definition) is 2. The summed E-state index contributed by atoms with van der Waals surface area (Å²) >= 11 is 0. The molecule has 0 unspecified atom stereocenters. The topological polar surface area (TPSA) is 53.6 Å². The summed E-state index contributed by atoms with van der Waals surface area (Å²) < 4.78 is 5.07. The van der Waals surface area contributed by atoms with E-state index in [1.807, 2.05) is 0 Å². The fourth-order valence-corrected chi connectivity index (χ4v) is 2.72. The van der Waals surface area contributed by atoms with Crippen LogP contribution >= 0.6 is 0 Å². The van der Waals surface area contributed by atoms with Crippen molar-refractivity contribution in [3.05, 3.63) is 0 Å². The van der Waals surface area contributed by atoms with Crippen LogP contribution in [-0.2, 0) is 9.53 Å². The number of rotatable bonds is 9. The van der Waals surface area contributed by atoms with Gasteiger partial charge >= 0.3 is 0 Å². The summed E-state index contributed by atoms with van der Waals surface area (Å²) in [5.41, 5.74) is 0. The summed E-state index contributed by atoms with van der Waals surface area (Å²) in [6, 6.07) is 0.365. The minimum absolute atomic E-state index is 0.156. The molecule has 1 heterocycles. The summed E-state index contributed by atoms with van der Waals surface area (Å²) in [5, 5.41) is 6.39. The largest absolute Gasteiger partial charge is 0.385 e. The second kappa shape index (κ2) is 8.60.